The normalized spacial score (nSPS) is 10.1. The third kappa shape index (κ3) is 3.00. The lowest BCUT2D eigenvalue weighted by atomic mass is 10.1. The molecule has 0 saturated carbocycles. The highest BCUT2D eigenvalue weighted by Crippen LogP contribution is 2.26. The molecule has 7 heteroatoms. The fourth-order valence-electron chi connectivity index (χ4n) is 1.58. The third-order valence-electron chi connectivity index (χ3n) is 2.53. The van der Waals surface area contributed by atoms with Gasteiger partial charge in [-0.2, -0.15) is 0 Å². The van der Waals surface area contributed by atoms with Crippen molar-refractivity contribution in [2.75, 3.05) is 12.4 Å². The first-order valence-corrected chi connectivity index (χ1v) is 6.35. The fourth-order valence-corrected chi connectivity index (χ4v) is 1.89. The van der Waals surface area contributed by atoms with E-state index in [-0.39, 0.29) is 11.3 Å². The highest BCUT2D eigenvalue weighted by atomic mass is 79.9. The highest BCUT2D eigenvalue weighted by molar-refractivity contribution is 9.10. The van der Waals surface area contributed by atoms with Crippen LogP contribution in [0.1, 0.15) is 20.9 Å². The van der Waals surface area contributed by atoms with Gasteiger partial charge in [0.2, 0.25) is 5.91 Å². The molecule has 2 amide bonds. The van der Waals surface area contributed by atoms with Crippen LogP contribution >= 0.6 is 15.9 Å². The van der Waals surface area contributed by atoms with E-state index in [0.717, 1.165) is 0 Å². The largest absolute Gasteiger partial charge is 0.495 e. The van der Waals surface area contributed by atoms with Crippen molar-refractivity contribution in [2.45, 2.75) is 0 Å². The number of halogens is 1. The molecule has 0 radical (unpaired) electrons. The number of carbonyl (C=O) groups excluding carboxylic acids is 2. The van der Waals surface area contributed by atoms with E-state index in [4.69, 9.17) is 14.9 Å². The Labute approximate surface area is 123 Å². The second-order valence-corrected chi connectivity index (χ2v) is 4.62. The lowest BCUT2D eigenvalue weighted by Gasteiger charge is -2.10. The number of carbonyl (C=O) groups is 2. The van der Waals surface area contributed by atoms with Crippen LogP contribution < -0.4 is 15.8 Å². The Balaban J connectivity index is 2.29. The molecular formula is C13H11BrN2O4. The molecular weight excluding hydrogens is 328 g/mol. The summed E-state index contributed by atoms with van der Waals surface area (Å²) in [4.78, 5) is 23.1. The van der Waals surface area contributed by atoms with E-state index in [1.807, 2.05) is 0 Å². The van der Waals surface area contributed by atoms with Crippen LogP contribution in [-0.2, 0) is 0 Å². The minimum absolute atomic E-state index is 0.128. The van der Waals surface area contributed by atoms with Crippen molar-refractivity contribution in [3.05, 3.63) is 46.3 Å². The minimum Gasteiger partial charge on any atom is -0.495 e. The van der Waals surface area contributed by atoms with E-state index in [1.165, 1.54) is 25.3 Å². The first-order chi connectivity index (χ1) is 9.51. The number of rotatable bonds is 4. The van der Waals surface area contributed by atoms with E-state index in [2.05, 4.69) is 21.2 Å². The predicted octanol–water partition coefficient (Wildman–Crippen LogP) is 2.40. The van der Waals surface area contributed by atoms with Gasteiger partial charge in [0, 0.05) is 5.56 Å². The van der Waals surface area contributed by atoms with Gasteiger partial charge in [-0.05, 0) is 46.3 Å². The Bertz CT molecular complexity index is 666. The number of hydrogen-bond acceptors (Lipinski definition) is 4. The van der Waals surface area contributed by atoms with Gasteiger partial charge < -0.3 is 20.2 Å². The molecule has 20 heavy (non-hydrogen) atoms. The molecule has 2 aromatic rings. The molecule has 0 aliphatic carbocycles. The number of methoxy groups -OCH3 is 1. The summed E-state index contributed by atoms with van der Waals surface area (Å²) in [6, 6.07) is 7.63. The van der Waals surface area contributed by atoms with Crippen LogP contribution in [0.3, 0.4) is 0 Å². The summed E-state index contributed by atoms with van der Waals surface area (Å²) in [6.45, 7) is 0. The van der Waals surface area contributed by atoms with Crippen LogP contribution in [-0.4, -0.2) is 18.9 Å². The summed E-state index contributed by atoms with van der Waals surface area (Å²) in [5.41, 5.74) is 5.80. The number of nitrogens with two attached hydrogens (primary N) is 1. The Kier molecular flexibility index (Phi) is 4.09. The first kappa shape index (κ1) is 14.1. The summed E-state index contributed by atoms with van der Waals surface area (Å²) >= 11 is 3.11. The van der Waals surface area contributed by atoms with Crippen LogP contribution in [0.2, 0.25) is 0 Å². The second-order valence-electron chi connectivity index (χ2n) is 3.84. The van der Waals surface area contributed by atoms with Crippen LogP contribution in [0, 0.1) is 0 Å². The third-order valence-corrected chi connectivity index (χ3v) is 2.96. The van der Waals surface area contributed by atoms with E-state index in [1.54, 1.807) is 12.1 Å². The summed E-state index contributed by atoms with van der Waals surface area (Å²) in [5.74, 6) is -0.517. The van der Waals surface area contributed by atoms with Gasteiger partial charge in [0.05, 0.1) is 12.8 Å². The molecule has 2 rings (SSSR count). The first-order valence-electron chi connectivity index (χ1n) is 5.56. The maximum atomic E-state index is 12.0. The van der Waals surface area contributed by atoms with Crippen molar-refractivity contribution in [3.63, 3.8) is 0 Å². The minimum atomic E-state index is -0.594. The Morgan fingerprint density at radius 3 is 2.60 bits per heavy atom. The van der Waals surface area contributed by atoms with Gasteiger partial charge in [-0.15, -0.1) is 0 Å². The van der Waals surface area contributed by atoms with Gasteiger partial charge in [-0.1, -0.05) is 0 Å². The Morgan fingerprint density at radius 2 is 2.05 bits per heavy atom. The molecule has 0 unspecified atom stereocenters. The van der Waals surface area contributed by atoms with Crippen molar-refractivity contribution in [3.8, 4) is 5.75 Å². The molecule has 0 aliphatic heterocycles. The predicted molar refractivity (Wildman–Crippen MR) is 75.9 cm³/mol. The molecule has 0 atom stereocenters. The molecule has 104 valence electrons. The molecule has 1 aromatic heterocycles. The van der Waals surface area contributed by atoms with Crippen LogP contribution in [0.15, 0.2) is 39.4 Å². The molecule has 6 nitrogen and oxygen atoms in total. The van der Waals surface area contributed by atoms with Crippen molar-refractivity contribution in [1.82, 2.24) is 0 Å². The van der Waals surface area contributed by atoms with E-state index in [0.29, 0.717) is 16.1 Å². The number of hydrogen-bond donors (Lipinski definition) is 2. The van der Waals surface area contributed by atoms with Crippen LogP contribution in [0.25, 0.3) is 0 Å². The van der Waals surface area contributed by atoms with Crippen molar-refractivity contribution < 1.29 is 18.7 Å². The van der Waals surface area contributed by atoms with Crippen molar-refractivity contribution in [2.24, 2.45) is 5.73 Å². The SMILES string of the molecule is COc1ccc(C(N)=O)cc1NC(=O)c1ccc(Br)o1. The van der Waals surface area contributed by atoms with Crippen molar-refractivity contribution >= 4 is 33.4 Å². The zero-order valence-electron chi connectivity index (χ0n) is 10.5. The molecule has 0 spiro atoms. The van der Waals surface area contributed by atoms with Gasteiger partial charge in [0.1, 0.15) is 5.75 Å². The molecule has 0 aliphatic rings. The number of amides is 2. The topological polar surface area (TPSA) is 94.6 Å². The average Bonchev–Trinajstić information content (AvgIpc) is 2.85. The zero-order valence-corrected chi connectivity index (χ0v) is 12.1. The number of furan rings is 1. The Hall–Kier alpha value is -2.28. The van der Waals surface area contributed by atoms with Gasteiger partial charge >= 0.3 is 0 Å². The second kappa shape index (κ2) is 5.79. The smallest absolute Gasteiger partial charge is 0.291 e. The van der Waals surface area contributed by atoms with Gasteiger partial charge in [-0.25, -0.2) is 0 Å². The number of ether oxygens (including phenoxy) is 1. The van der Waals surface area contributed by atoms with Crippen LogP contribution in [0.4, 0.5) is 5.69 Å². The number of nitrogens with one attached hydrogen (secondary N) is 1. The maximum absolute atomic E-state index is 12.0. The molecule has 3 N–H and O–H groups in total. The van der Waals surface area contributed by atoms with E-state index in [9.17, 15) is 9.59 Å². The Morgan fingerprint density at radius 1 is 1.30 bits per heavy atom. The molecule has 0 fully saturated rings. The summed E-state index contributed by atoms with van der Waals surface area (Å²) in [7, 11) is 1.46. The van der Waals surface area contributed by atoms with E-state index >= 15 is 0 Å². The monoisotopic (exact) mass is 338 g/mol. The molecule has 1 heterocycles. The maximum Gasteiger partial charge on any atom is 0.291 e. The fraction of sp³-hybridized carbons (Fsp3) is 0.0769. The summed E-state index contributed by atoms with van der Waals surface area (Å²) < 4.78 is 10.7. The highest BCUT2D eigenvalue weighted by Gasteiger charge is 2.14. The molecule has 1 aromatic carbocycles. The van der Waals surface area contributed by atoms with Crippen molar-refractivity contribution in [1.29, 1.82) is 0 Å². The lowest BCUT2D eigenvalue weighted by Crippen LogP contribution is -2.14. The van der Waals surface area contributed by atoms with Gasteiger partial charge in [-0.3, -0.25) is 9.59 Å². The summed E-state index contributed by atoms with van der Waals surface area (Å²) in [5, 5.41) is 2.60. The van der Waals surface area contributed by atoms with Gasteiger partial charge in [0.25, 0.3) is 5.91 Å². The van der Waals surface area contributed by atoms with E-state index < -0.39 is 11.8 Å². The standard InChI is InChI=1S/C13H11BrN2O4/c1-19-9-3-2-7(12(15)17)6-8(9)16-13(18)10-4-5-11(14)20-10/h2-6H,1H3,(H2,15,17)(H,16,18). The van der Waals surface area contributed by atoms with Gasteiger partial charge in [0.15, 0.2) is 10.4 Å². The van der Waals surface area contributed by atoms with Crippen LogP contribution in [0.5, 0.6) is 5.75 Å². The number of benzene rings is 1. The molecule has 0 saturated heterocycles. The molecule has 0 bridgehead atoms. The quantitative estimate of drug-likeness (QED) is 0.894. The average molecular weight is 339 g/mol. The number of anilines is 1. The summed E-state index contributed by atoms with van der Waals surface area (Å²) in [6.07, 6.45) is 0. The number of primary amides is 1. The lowest BCUT2D eigenvalue weighted by molar-refractivity contribution is 0.0987. The zero-order chi connectivity index (χ0) is 14.7.